The van der Waals surface area contributed by atoms with Gasteiger partial charge in [0.15, 0.2) is 5.82 Å². The van der Waals surface area contributed by atoms with Crippen LogP contribution in [0.15, 0.2) is 12.3 Å². The molecule has 1 saturated heterocycles. The first-order chi connectivity index (χ1) is 6.66. The second-order valence-corrected chi connectivity index (χ2v) is 4.16. The Kier molecular flexibility index (Phi) is 2.46. The average molecular weight is 194 g/mol. The van der Waals surface area contributed by atoms with E-state index in [1.54, 1.807) is 0 Å². The van der Waals surface area contributed by atoms with Crippen molar-refractivity contribution in [2.45, 2.75) is 25.9 Å². The maximum absolute atomic E-state index is 4.43. The fraction of sp³-hybridized carbons (Fsp3) is 0.700. The summed E-state index contributed by atoms with van der Waals surface area (Å²) in [4.78, 5) is 2.36. The molecule has 0 spiro atoms. The summed E-state index contributed by atoms with van der Waals surface area (Å²) in [6.07, 6.45) is 1.99. The van der Waals surface area contributed by atoms with Crippen molar-refractivity contribution >= 4 is 5.82 Å². The summed E-state index contributed by atoms with van der Waals surface area (Å²) in [5.41, 5.74) is 0. The van der Waals surface area contributed by atoms with E-state index >= 15 is 0 Å². The highest BCUT2D eigenvalue weighted by Crippen LogP contribution is 2.16. The van der Waals surface area contributed by atoms with E-state index in [1.807, 2.05) is 17.9 Å². The SMILES string of the molecule is CC1CN(c2ccn(C)n2)C(C)CN1. The van der Waals surface area contributed by atoms with Crippen LogP contribution >= 0.6 is 0 Å². The fourth-order valence-corrected chi connectivity index (χ4v) is 1.90. The Labute approximate surface area is 84.9 Å². The third kappa shape index (κ3) is 1.75. The standard InChI is InChI=1S/C10H18N4/c1-8-7-14(9(2)6-11-8)10-4-5-13(3)12-10/h4-5,8-9,11H,6-7H2,1-3H3. The van der Waals surface area contributed by atoms with Crippen LogP contribution in [-0.4, -0.2) is 35.0 Å². The summed E-state index contributed by atoms with van der Waals surface area (Å²) in [5.74, 6) is 1.09. The van der Waals surface area contributed by atoms with Crippen molar-refractivity contribution in [3.63, 3.8) is 0 Å². The van der Waals surface area contributed by atoms with Crippen molar-refractivity contribution in [1.82, 2.24) is 15.1 Å². The predicted molar refractivity (Wildman–Crippen MR) is 57.5 cm³/mol. The molecule has 1 aliphatic heterocycles. The van der Waals surface area contributed by atoms with Gasteiger partial charge in [0, 0.05) is 44.5 Å². The molecule has 0 saturated carbocycles. The zero-order chi connectivity index (χ0) is 10.1. The van der Waals surface area contributed by atoms with Crippen molar-refractivity contribution in [2.75, 3.05) is 18.0 Å². The number of hydrogen-bond donors (Lipinski definition) is 1. The molecule has 0 bridgehead atoms. The van der Waals surface area contributed by atoms with Gasteiger partial charge >= 0.3 is 0 Å². The topological polar surface area (TPSA) is 33.1 Å². The number of nitrogens with one attached hydrogen (secondary N) is 1. The minimum absolute atomic E-state index is 0.529. The summed E-state index contributed by atoms with van der Waals surface area (Å²) in [6, 6.07) is 3.16. The van der Waals surface area contributed by atoms with E-state index in [1.165, 1.54) is 0 Å². The van der Waals surface area contributed by atoms with E-state index in [4.69, 9.17) is 0 Å². The third-order valence-electron chi connectivity index (χ3n) is 2.76. The lowest BCUT2D eigenvalue weighted by Gasteiger charge is -2.37. The van der Waals surface area contributed by atoms with Gasteiger partial charge in [-0.15, -0.1) is 0 Å². The quantitative estimate of drug-likeness (QED) is 0.711. The molecule has 1 fully saturated rings. The monoisotopic (exact) mass is 194 g/mol. The van der Waals surface area contributed by atoms with E-state index < -0.39 is 0 Å². The molecule has 0 aliphatic carbocycles. The van der Waals surface area contributed by atoms with Gasteiger partial charge in [-0.05, 0) is 13.8 Å². The van der Waals surface area contributed by atoms with Gasteiger partial charge < -0.3 is 10.2 Å². The highest BCUT2D eigenvalue weighted by atomic mass is 15.4. The minimum Gasteiger partial charge on any atom is -0.350 e. The molecule has 0 radical (unpaired) electrons. The number of nitrogens with zero attached hydrogens (tertiary/aromatic N) is 3. The van der Waals surface area contributed by atoms with Crippen LogP contribution in [0.2, 0.25) is 0 Å². The van der Waals surface area contributed by atoms with Gasteiger partial charge in [-0.25, -0.2) is 0 Å². The van der Waals surface area contributed by atoms with E-state index in [0.717, 1.165) is 18.9 Å². The number of piperazine rings is 1. The van der Waals surface area contributed by atoms with Crippen molar-refractivity contribution in [2.24, 2.45) is 7.05 Å². The first kappa shape index (κ1) is 9.52. The summed E-state index contributed by atoms with van der Waals surface area (Å²) < 4.78 is 1.86. The Morgan fingerprint density at radius 1 is 1.50 bits per heavy atom. The number of aryl methyl sites for hydroxylation is 1. The van der Waals surface area contributed by atoms with Crippen LogP contribution in [0, 0.1) is 0 Å². The van der Waals surface area contributed by atoms with Gasteiger partial charge in [0.1, 0.15) is 0 Å². The molecular weight excluding hydrogens is 176 g/mol. The first-order valence-corrected chi connectivity index (χ1v) is 5.16. The smallest absolute Gasteiger partial charge is 0.150 e. The summed E-state index contributed by atoms with van der Waals surface area (Å²) in [6.45, 7) is 6.52. The first-order valence-electron chi connectivity index (χ1n) is 5.16. The molecule has 14 heavy (non-hydrogen) atoms. The molecule has 1 aromatic rings. The van der Waals surface area contributed by atoms with Gasteiger partial charge in [-0.1, -0.05) is 0 Å². The Bertz CT molecular complexity index is 307. The van der Waals surface area contributed by atoms with Gasteiger partial charge in [0.25, 0.3) is 0 Å². The van der Waals surface area contributed by atoms with Crippen molar-refractivity contribution in [3.8, 4) is 0 Å². The second-order valence-electron chi connectivity index (χ2n) is 4.16. The molecule has 4 nitrogen and oxygen atoms in total. The van der Waals surface area contributed by atoms with Crippen LogP contribution < -0.4 is 10.2 Å². The van der Waals surface area contributed by atoms with Gasteiger partial charge in [0.2, 0.25) is 0 Å². The Balaban J connectivity index is 2.15. The van der Waals surface area contributed by atoms with Crippen molar-refractivity contribution in [1.29, 1.82) is 0 Å². The van der Waals surface area contributed by atoms with E-state index in [0.29, 0.717) is 12.1 Å². The van der Waals surface area contributed by atoms with E-state index in [-0.39, 0.29) is 0 Å². The maximum Gasteiger partial charge on any atom is 0.150 e. The highest BCUT2D eigenvalue weighted by molar-refractivity contribution is 5.39. The number of hydrogen-bond acceptors (Lipinski definition) is 3. The zero-order valence-corrected chi connectivity index (χ0v) is 9.07. The summed E-state index contributed by atoms with van der Waals surface area (Å²) >= 11 is 0. The molecule has 2 heterocycles. The van der Waals surface area contributed by atoms with Gasteiger partial charge in [0.05, 0.1) is 0 Å². The molecule has 2 atom stereocenters. The Morgan fingerprint density at radius 2 is 2.29 bits per heavy atom. The number of rotatable bonds is 1. The Morgan fingerprint density at radius 3 is 2.93 bits per heavy atom. The van der Waals surface area contributed by atoms with Crippen LogP contribution in [0.4, 0.5) is 5.82 Å². The van der Waals surface area contributed by atoms with Crippen LogP contribution in [0.5, 0.6) is 0 Å². The Hall–Kier alpha value is -1.03. The lowest BCUT2D eigenvalue weighted by molar-refractivity contribution is 0.421. The number of aromatic nitrogens is 2. The van der Waals surface area contributed by atoms with Crippen LogP contribution in [0.3, 0.4) is 0 Å². The largest absolute Gasteiger partial charge is 0.350 e. The van der Waals surface area contributed by atoms with Crippen molar-refractivity contribution < 1.29 is 0 Å². The van der Waals surface area contributed by atoms with Crippen molar-refractivity contribution in [3.05, 3.63) is 12.3 Å². The van der Waals surface area contributed by atoms with E-state index in [9.17, 15) is 0 Å². The lowest BCUT2D eigenvalue weighted by Crippen LogP contribution is -2.54. The predicted octanol–water partition coefficient (Wildman–Crippen LogP) is 0.607. The molecular formula is C10H18N4. The fourth-order valence-electron chi connectivity index (χ4n) is 1.90. The maximum atomic E-state index is 4.43. The number of anilines is 1. The molecule has 1 aromatic heterocycles. The normalized spacial score (nSPS) is 28.1. The molecule has 1 aliphatic rings. The summed E-state index contributed by atoms with van der Waals surface area (Å²) in [5, 5.41) is 7.90. The van der Waals surface area contributed by atoms with Gasteiger partial charge in [-0.3, -0.25) is 4.68 Å². The molecule has 2 rings (SSSR count). The zero-order valence-electron chi connectivity index (χ0n) is 9.07. The molecule has 4 heteroatoms. The molecule has 2 unspecified atom stereocenters. The van der Waals surface area contributed by atoms with Gasteiger partial charge in [-0.2, -0.15) is 5.10 Å². The second kappa shape index (κ2) is 3.61. The molecule has 78 valence electrons. The van der Waals surface area contributed by atoms with Crippen LogP contribution in [-0.2, 0) is 7.05 Å². The molecule has 1 N–H and O–H groups in total. The third-order valence-corrected chi connectivity index (χ3v) is 2.76. The minimum atomic E-state index is 0.529. The van der Waals surface area contributed by atoms with E-state index in [2.05, 4.69) is 35.2 Å². The average Bonchev–Trinajstić information content (AvgIpc) is 2.56. The highest BCUT2D eigenvalue weighted by Gasteiger charge is 2.23. The van der Waals surface area contributed by atoms with Crippen LogP contribution in [0.1, 0.15) is 13.8 Å². The lowest BCUT2D eigenvalue weighted by atomic mass is 10.1. The van der Waals surface area contributed by atoms with Crippen LogP contribution in [0.25, 0.3) is 0 Å². The summed E-state index contributed by atoms with van der Waals surface area (Å²) in [7, 11) is 1.96. The molecule has 0 aromatic carbocycles. The molecule has 0 amide bonds.